The number of nitrogens with zero attached hydrogens (tertiary/aromatic N) is 1. The van der Waals surface area contributed by atoms with E-state index < -0.39 is 0 Å². The Hall–Kier alpha value is -0.500. The Labute approximate surface area is 160 Å². The van der Waals surface area contributed by atoms with E-state index in [4.69, 9.17) is 0 Å². The second-order valence-electron chi connectivity index (χ2n) is 6.50. The average molecular weight is 451 g/mol. The molecule has 1 fully saturated rings. The summed E-state index contributed by atoms with van der Waals surface area (Å²) < 4.78 is 14.2. The van der Waals surface area contributed by atoms with Gasteiger partial charge in [-0.1, -0.05) is 18.2 Å². The molecule has 1 saturated carbocycles. The highest BCUT2D eigenvalue weighted by molar-refractivity contribution is 14.0. The molecule has 0 heterocycles. The van der Waals surface area contributed by atoms with Gasteiger partial charge in [-0.25, -0.2) is 4.39 Å². The van der Waals surface area contributed by atoms with E-state index in [0.717, 1.165) is 30.9 Å². The van der Waals surface area contributed by atoms with E-state index >= 15 is 0 Å². The van der Waals surface area contributed by atoms with Gasteiger partial charge < -0.3 is 10.6 Å². The average Bonchev–Trinajstić information content (AvgIpc) is 3.29. The number of nitrogens with one attached hydrogen (secondary N) is 2. The minimum atomic E-state index is -0.103. The van der Waals surface area contributed by atoms with E-state index in [2.05, 4.69) is 35.7 Å². The minimum Gasteiger partial charge on any atom is -0.356 e. The summed E-state index contributed by atoms with van der Waals surface area (Å²) in [5.74, 6) is 0.679. The number of hydrogen-bond donors (Lipinski definition) is 2. The topological polar surface area (TPSA) is 36.4 Å². The van der Waals surface area contributed by atoms with Crippen molar-refractivity contribution in [2.24, 2.45) is 4.99 Å². The van der Waals surface area contributed by atoms with Gasteiger partial charge >= 0.3 is 0 Å². The summed E-state index contributed by atoms with van der Waals surface area (Å²) >= 11 is 1.82. The van der Waals surface area contributed by atoms with Crippen LogP contribution in [-0.4, -0.2) is 37.1 Å². The normalized spacial score (nSPS) is 16.5. The standard InChI is InChI=1S/C17H26FN3S.HI/c1-16(2,22-4)11-20-15(19-3)21-12-17(9-10-17)13-7-5-6-8-14(13)18;/h5-8H,9-12H2,1-4H3,(H2,19,20,21);1H. The molecule has 0 aromatic heterocycles. The van der Waals surface area contributed by atoms with E-state index in [1.807, 2.05) is 23.9 Å². The number of guanidine groups is 1. The van der Waals surface area contributed by atoms with Gasteiger partial charge in [-0.05, 0) is 44.6 Å². The van der Waals surface area contributed by atoms with Gasteiger partial charge in [0.25, 0.3) is 0 Å². The summed E-state index contributed by atoms with van der Waals surface area (Å²) in [5.41, 5.74) is 0.750. The van der Waals surface area contributed by atoms with Gasteiger partial charge in [0.2, 0.25) is 0 Å². The van der Waals surface area contributed by atoms with Crippen LogP contribution in [0.4, 0.5) is 4.39 Å². The molecule has 0 amide bonds. The summed E-state index contributed by atoms with van der Waals surface area (Å²) in [6, 6.07) is 7.10. The fourth-order valence-corrected chi connectivity index (χ4v) is 2.64. The highest BCUT2D eigenvalue weighted by Crippen LogP contribution is 2.48. The first-order valence-electron chi connectivity index (χ1n) is 7.67. The predicted octanol–water partition coefficient (Wildman–Crippen LogP) is 3.78. The maximum Gasteiger partial charge on any atom is 0.191 e. The van der Waals surface area contributed by atoms with E-state index in [1.165, 1.54) is 0 Å². The number of hydrogen-bond acceptors (Lipinski definition) is 2. The lowest BCUT2D eigenvalue weighted by molar-refractivity contribution is 0.558. The molecule has 0 atom stereocenters. The van der Waals surface area contributed by atoms with Crippen LogP contribution in [0.15, 0.2) is 29.3 Å². The number of thioether (sulfide) groups is 1. The summed E-state index contributed by atoms with van der Waals surface area (Å²) in [7, 11) is 1.77. The smallest absolute Gasteiger partial charge is 0.191 e. The summed E-state index contributed by atoms with van der Waals surface area (Å²) in [5, 5.41) is 6.71. The van der Waals surface area contributed by atoms with E-state index in [9.17, 15) is 4.39 Å². The van der Waals surface area contributed by atoms with Crippen LogP contribution in [0.3, 0.4) is 0 Å². The molecule has 1 aromatic rings. The van der Waals surface area contributed by atoms with Gasteiger partial charge in [0.15, 0.2) is 5.96 Å². The van der Waals surface area contributed by atoms with Gasteiger partial charge in [-0.2, -0.15) is 11.8 Å². The Morgan fingerprint density at radius 1 is 1.30 bits per heavy atom. The van der Waals surface area contributed by atoms with Crippen LogP contribution in [0, 0.1) is 5.82 Å². The van der Waals surface area contributed by atoms with Gasteiger partial charge in [0.05, 0.1) is 0 Å². The Bertz CT molecular complexity index is 544. The van der Waals surface area contributed by atoms with Gasteiger partial charge in [0.1, 0.15) is 5.82 Å². The van der Waals surface area contributed by atoms with Gasteiger partial charge in [-0.15, -0.1) is 24.0 Å². The number of halogens is 2. The minimum absolute atomic E-state index is 0. The number of aliphatic imine (C=N–C) groups is 1. The van der Waals surface area contributed by atoms with Crippen LogP contribution >= 0.6 is 35.7 Å². The molecule has 0 aliphatic heterocycles. The van der Waals surface area contributed by atoms with Crippen molar-refractivity contribution in [2.45, 2.75) is 36.9 Å². The zero-order valence-corrected chi connectivity index (χ0v) is 17.4. The first-order chi connectivity index (χ1) is 10.4. The van der Waals surface area contributed by atoms with Crippen molar-refractivity contribution in [1.82, 2.24) is 10.6 Å². The molecule has 2 N–H and O–H groups in total. The third-order valence-corrected chi connectivity index (χ3v) is 5.60. The molecule has 0 radical (unpaired) electrons. The molecule has 2 rings (SSSR count). The molecule has 1 aliphatic rings. The molecule has 0 saturated heterocycles. The molecular weight excluding hydrogens is 424 g/mol. The van der Waals surface area contributed by atoms with E-state index in [0.29, 0.717) is 6.54 Å². The summed E-state index contributed by atoms with van der Waals surface area (Å²) in [4.78, 5) is 4.26. The molecule has 130 valence electrons. The fraction of sp³-hybridized carbons (Fsp3) is 0.588. The Kier molecular flexibility index (Phi) is 7.64. The van der Waals surface area contributed by atoms with Crippen molar-refractivity contribution < 1.29 is 4.39 Å². The third-order valence-electron chi connectivity index (χ3n) is 4.35. The van der Waals surface area contributed by atoms with Crippen molar-refractivity contribution in [2.75, 3.05) is 26.4 Å². The van der Waals surface area contributed by atoms with Gasteiger partial charge in [-0.3, -0.25) is 4.99 Å². The molecule has 23 heavy (non-hydrogen) atoms. The van der Waals surface area contributed by atoms with Crippen LogP contribution in [0.25, 0.3) is 0 Å². The largest absolute Gasteiger partial charge is 0.356 e. The van der Waals surface area contributed by atoms with E-state index in [-0.39, 0.29) is 40.0 Å². The lowest BCUT2D eigenvalue weighted by atomic mass is 9.95. The quantitative estimate of drug-likeness (QED) is 0.393. The highest BCUT2D eigenvalue weighted by atomic mass is 127. The Morgan fingerprint density at radius 3 is 2.48 bits per heavy atom. The maximum atomic E-state index is 14.0. The van der Waals surface area contributed by atoms with Gasteiger partial charge in [0, 0.05) is 30.3 Å². The monoisotopic (exact) mass is 451 g/mol. The Balaban J connectivity index is 0.00000264. The van der Waals surface area contributed by atoms with Crippen LogP contribution in [0.5, 0.6) is 0 Å². The zero-order chi connectivity index (χ0) is 16.2. The second kappa shape index (κ2) is 8.55. The lowest BCUT2D eigenvalue weighted by Gasteiger charge is -2.25. The zero-order valence-electron chi connectivity index (χ0n) is 14.3. The van der Waals surface area contributed by atoms with E-state index in [1.54, 1.807) is 19.2 Å². The highest BCUT2D eigenvalue weighted by Gasteiger charge is 2.45. The van der Waals surface area contributed by atoms with Crippen LogP contribution < -0.4 is 10.6 Å². The molecular formula is C17H27FIN3S. The van der Waals surface area contributed by atoms with Crippen molar-refractivity contribution in [3.63, 3.8) is 0 Å². The summed E-state index contributed by atoms with van der Waals surface area (Å²) in [6.45, 7) is 5.94. The molecule has 0 spiro atoms. The predicted molar refractivity (Wildman–Crippen MR) is 110 cm³/mol. The molecule has 1 aliphatic carbocycles. The first kappa shape index (κ1) is 20.5. The summed E-state index contributed by atoms with van der Waals surface area (Å²) in [6.07, 6.45) is 4.15. The first-order valence-corrected chi connectivity index (χ1v) is 8.90. The molecule has 0 unspecified atom stereocenters. The van der Waals surface area contributed by atoms with Crippen molar-refractivity contribution in [3.05, 3.63) is 35.6 Å². The lowest BCUT2D eigenvalue weighted by Crippen LogP contribution is -2.45. The number of rotatable bonds is 6. The molecule has 1 aromatic carbocycles. The Morgan fingerprint density at radius 2 is 1.96 bits per heavy atom. The molecule has 3 nitrogen and oxygen atoms in total. The van der Waals surface area contributed by atoms with Crippen LogP contribution in [0.2, 0.25) is 0 Å². The third kappa shape index (κ3) is 5.52. The molecule has 0 bridgehead atoms. The van der Waals surface area contributed by atoms with Crippen molar-refractivity contribution >= 4 is 41.7 Å². The molecule has 6 heteroatoms. The fourth-order valence-electron chi connectivity index (χ4n) is 2.43. The second-order valence-corrected chi connectivity index (χ2v) is 8.02. The van der Waals surface area contributed by atoms with Crippen LogP contribution in [0.1, 0.15) is 32.3 Å². The SMILES string of the molecule is CN=C(NCC(C)(C)SC)NCC1(c2ccccc2F)CC1.I. The van der Waals surface area contributed by atoms with Crippen molar-refractivity contribution in [1.29, 1.82) is 0 Å². The number of benzene rings is 1. The van der Waals surface area contributed by atoms with Crippen molar-refractivity contribution in [3.8, 4) is 0 Å². The van der Waals surface area contributed by atoms with Crippen LogP contribution in [-0.2, 0) is 5.41 Å². The maximum absolute atomic E-state index is 14.0.